The van der Waals surface area contributed by atoms with Crippen LogP contribution >= 0.6 is 47.8 Å². The summed E-state index contributed by atoms with van der Waals surface area (Å²) in [4.78, 5) is 12.3. The number of nitrogens with one attached hydrogen (secondary N) is 1. The molecule has 1 N–H and O–H groups in total. The van der Waals surface area contributed by atoms with E-state index < -0.39 is 5.91 Å². The Morgan fingerprint density at radius 1 is 1.18 bits per heavy atom. The van der Waals surface area contributed by atoms with Crippen molar-refractivity contribution in [1.29, 1.82) is 0 Å². The number of amides is 1. The molecule has 0 saturated carbocycles. The molecule has 0 aliphatic heterocycles. The molecule has 146 valence electrons. The van der Waals surface area contributed by atoms with Gasteiger partial charge in [0, 0.05) is 9.86 Å². The standard InChI is InChI=1S/C19H15Br3N2O4/c1-3-27-15-5-10(4-13(21)18(15)26-2)9-23-24-19(25)16-7-11-6-12(20)8-14(22)17(11)28-16/h4-9H,3H2,1-2H3,(H,24,25)/b23-9-. The van der Waals surface area contributed by atoms with Gasteiger partial charge in [0.2, 0.25) is 0 Å². The van der Waals surface area contributed by atoms with E-state index in [0.29, 0.717) is 23.7 Å². The summed E-state index contributed by atoms with van der Waals surface area (Å²) in [5.41, 5.74) is 3.79. The largest absolute Gasteiger partial charge is 0.492 e. The number of furan rings is 1. The average Bonchev–Trinajstić information content (AvgIpc) is 3.06. The first-order chi connectivity index (χ1) is 13.4. The van der Waals surface area contributed by atoms with Crippen LogP contribution in [0.4, 0.5) is 0 Å². The fraction of sp³-hybridized carbons (Fsp3) is 0.158. The lowest BCUT2D eigenvalue weighted by atomic mass is 10.2. The molecule has 0 aliphatic rings. The Hall–Kier alpha value is -1.84. The number of rotatable bonds is 6. The molecule has 0 radical (unpaired) electrons. The number of fused-ring (bicyclic) bond motifs is 1. The molecule has 0 atom stereocenters. The van der Waals surface area contributed by atoms with E-state index in [1.807, 2.05) is 25.1 Å². The van der Waals surface area contributed by atoms with Crippen molar-refractivity contribution in [2.75, 3.05) is 13.7 Å². The van der Waals surface area contributed by atoms with Crippen LogP contribution in [0.2, 0.25) is 0 Å². The minimum absolute atomic E-state index is 0.164. The predicted molar refractivity (Wildman–Crippen MR) is 119 cm³/mol. The SMILES string of the molecule is CCOc1cc(/C=N\NC(=O)c2cc3cc(Br)cc(Br)c3o2)cc(Br)c1OC. The summed E-state index contributed by atoms with van der Waals surface area (Å²) in [7, 11) is 1.57. The van der Waals surface area contributed by atoms with Gasteiger partial charge in [0.25, 0.3) is 0 Å². The summed E-state index contributed by atoms with van der Waals surface area (Å²) >= 11 is 10.3. The number of nitrogens with zero attached hydrogens (tertiary/aromatic N) is 1. The van der Waals surface area contributed by atoms with Gasteiger partial charge >= 0.3 is 5.91 Å². The molecule has 0 saturated heterocycles. The number of hydrazone groups is 1. The van der Waals surface area contributed by atoms with Crippen LogP contribution in [0.25, 0.3) is 11.0 Å². The fourth-order valence-corrected chi connectivity index (χ4v) is 4.49. The van der Waals surface area contributed by atoms with Crippen LogP contribution in [-0.2, 0) is 0 Å². The van der Waals surface area contributed by atoms with Gasteiger partial charge in [-0.3, -0.25) is 4.79 Å². The van der Waals surface area contributed by atoms with Crippen LogP contribution in [-0.4, -0.2) is 25.8 Å². The van der Waals surface area contributed by atoms with Crippen molar-refractivity contribution < 1.29 is 18.7 Å². The molecule has 1 heterocycles. The van der Waals surface area contributed by atoms with Gasteiger partial charge in [0.05, 0.1) is 28.9 Å². The smallest absolute Gasteiger partial charge is 0.307 e. The highest BCUT2D eigenvalue weighted by Crippen LogP contribution is 2.36. The number of methoxy groups -OCH3 is 1. The summed E-state index contributed by atoms with van der Waals surface area (Å²) in [6.45, 7) is 2.39. The van der Waals surface area contributed by atoms with Crippen LogP contribution in [0.1, 0.15) is 23.0 Å². The first-order valence-corrected chi connectivity index (χ1v) is 10.5. The molecule has 0 spiro atoms. The topological polar surface area (TPSA) is 73.1 Å². The average molecular weight is 575 g/mol. The van der Waals surface area contributed by atoms with E-state index in [1.165, 1.54) is 6.21 Å². The van der Waals surface area contributed by atoms with Crippen LogP contribution in [0.5, 0.6) is 11.5 Å². The van der Waals surface area contributed by atoms with Crippen molar-refractivity contribution in [3.05, 3.63) is 55.1 Å². The van der Waals surface area contributed by atoms with Gasteiger partial charge in [-0.05, 0) is 74.7 Å². The molecule has 0 unspecified atom stereocenters. The summed E-state index contributed by atoms with van der Waals surface area (Å²) in [5, 5.41) is 4.80. The van der Waals surface area contributed by atoms with E-state index in [9.17, 15) is 4.79 Å². The molecule has 6 nitrogen and oxygen atoms in total. The number of carbonyl (C=O) groups excluding carboxylic acids is 1. The lowest BCUT2D eigenvalue weighted by molar-refractivity contribution is 0.0929. The van der Waals surface area contributed by atoms with E-state index >= 15 is 0 Å². The minimum atomic E-state index is -0.451. The van der Waals surface area contributed by atoms with Crippen molar-refractivity contribution in [3.63, 3.8) is 0 Å². The molecular formula is C19H15Br3N2O4. The van der Waals surface area contributed by atoms with Gasteiger partial charge in [-0.2, -0.15) is 5.10 Å². The highest BCUT2D eigenvalue weighted by atomic mass is 79.9. The van der Waals surface area contributed by atoms with Crippen LogP contribution in [0.15, 0.2) is 53.3 Å². The Kier molecular flexibility index (Phi) is 6.79. The summed E-state index contributed by atoms with van der Waals surface area (Å²) in [6, 6.07) is 8.97. The van der Waals surface area contributed by atoms with Crippen molar-refractivity contribution >= 4 is 70.9 Å². The third kappa shape index (κ3) is 4.59. The highest BCUT2D eigenvalue weighted by Gasteiger charge is 2.14. The van der Waals surface area contributed by atoms with E-state index in [0.717, 1.165) is 24.4 Å². The molecule has 0 fully saturated rings. The zero-order valence-electron chi connectivity index (χ0n) is 14.9. The molecule has 3 rings (SSSR count). The molecule has 3 aromatic rings. The second kappa shape index (κ2) is 9.11. The van der Waals surface area contributed by atoms with Crippen molar-refractivity contribution in [2.45, 2.75) is 6.92 Å². The first-order valence-electron chi connectivity index (χ1n) is 8.15. The van der Waals surface area contributed by atoms with Gasteiger partial charge in [-0.25, -0.2) is 5.43 Å². The van der Waals surface area contributed by atoms with Gasteiger partial charge in [-0.1, -0.05) is 15.9 Å². The molecule has 1 aromatic heterocycles. The van der Waals surface area contributed by atoms with E-state index in [4.69, 9.17) is 13.9 Å². The van der Waals surface area contributed by atoms with Crippen molar-refractivity contribution in [1.82, 2.24) is 5.43 Å². The third-order valence-electron chi connectivity index (χ3n) is 3.68. The number of halogens is 3. The minimum Gasteiger partial charge on any atom is -0.492 e. The lowest BCUT2D eigenvalue weighted by Crippen LogP contribution is -2.16. The normalized spacial score (nSPS) is 11.2. The number of hydrogen-bond acceptors (Lipinski definition) is 5. The Labute approximate surface area is 186 Å². The van der Waals surface area contributed by atoms with E-state index in [-0.39, 0.29) is 5.76 Å². The second-order valence-corrected chi connectivity index (χ2v) is 8.21. The quantitative estimate of drug-likeness (QED) is 0.294. The van der Waals surface area contributed by atoms with Crippen LogP contribution in [0.3, 0.4) is 0 Å². The maximum atomic E-state index is 12.3. The summed E-state index contributed by atoms with van der Waals surface area (Å²) in [5.74, 6) is 0.895. The number of hydrogen-bond donors (Lipinski definition) is 1. The summed E-state index contributed by atoms with van der Waals surface area (Å²) < 4.78 is 18.9. The van der Waals surface area contributed by atoms with E-state index in [2.05, 4.69) is 58.3 Å². The zero-order chi connectivity index (χ0) is 20.3. The lowest BCUT2D eigenvalue weighted by Gasteiger charge is -2.11. The van der Waals surface area contributed by atoms with Crippen LogP contribution < -0.4 is 14.9 Å². The van der Waals surface area contributed by atoms with E-state index in [1.54, 1.807) is 19.2 Å². The Morgan fingerprint density at radius 3 is 2.68 bits per heavy atom. The Bertz CT molecular complexity index is 1060. The van der Waals surface area contributed by atoms with Gasteiger partial charge in [0.1, 0.15) is 5.58 Å². The first kappa shape index (κ1) is 20.9. The predicted octanol–water partition coefficient (Wildman–Crippen LogP) is 5.89. The molecule has 0 bridgehead atoms. The maximum absolute atomic E-state index is 12.3. The maximum Gasteiger partial charge on any atom is 0.307 e. The number of carbonyl (C=O) groups is 1. The monoisotopic (exact) mass is 572 g/mol. The van der Waals surface area contributed by atoms with Gasteiger partial charge < -0.3 is 13.9 Å². The van der Waals surface area contributed by atoms with Gasteiger partial charge in [0.15, 0.2) is 17.3 Å². The molecule has 9 heteroatoms. The second-order valence-electron chi connectivity index (χ2n) is 5.58. The van der Waals surface area contributed by atoms with Crippen molar-refractivity contribution in [3.8, 4) is 11.5 Å². The molecule has 0 aliphatic carbocycles. The molecule has 1 amide bonds. The van der Waals surface area contributed by atoms with Gasteiger partial charge in [-0.15, -0.1) is 0 Å². The molecule has 28 heavy (non-hydrogen) atoms. The number of ether oxygens (including phenoxy) is 2. The molecular weight excluding hydrogens is 560 g/mol. The third-order valence-corrected chi connectivity index (χ3v) is 5.31. The summed E-state index contributed by atoms with van der Waals surface area (Å²) in [6.07, 6.45) is 1.51. The fourth-order valence-electron chi connectivity index (χ4n) is 2.53. The zero-order valence-corrected chi connectivity index (χ0v) is 19.6. The molecule has 2 aromatic carbocycles. The Morgan fingerprint density at radius 2 is 1.96 bits per heavy atom. The highest BCUT2D eigenvalue weighted by molar-refractivity contribution is 9.11. The number of benzene rings is 2. The Balaban J connectivity index is 1.77. The van der Waals surface area contributed by atoms with Crippen LogP contribution in [0, 0.1) is 0 Å². The van der Waals surface area contributed by atoms with Crippen molar-refractivity contribution in [2.24, 2.45) is 5.10 Å².